The van der Waals surface area contributed by atoms with Gasteiger partial charge in [0.05, 0.1) is 17.8 Å². The fraction of sp³-hybridized carbons (Fsp3) is 0.412. The number of carbonyl (C=O) groups excluding carboxylic acids is 1. The molecular weight excluding hydrogens is 410 g/mol. The van der Waals surface area contributed by atoms with E-state index in [0.717, 1.165) is 20.7 Å². The van der Waals surface area contributed by atoms with E-state index in [1.54, 1.807) is 11.3 Å². The second-order valence-electron chi connectivity index (χ2n) is 6.04. The third kappa shape index (κ3) is 5.84. The van der Waals surface area contributed by atoms with Crippen molar-refractivity contribution < 1.29 is 4.79 Å². The highest BCUT2D eigenvalue weighted by Gasteiger charge is 2.19. The second kappa shape index (κ2) is 9.51. The molecule has 1 unspecified atom stereocenters. The van der Waals surface area contributed by atoms with Crippen LogP contribution in [0.3, 0.4) is 0 Å². The lowest BCUT2D eigenvalue weighted by Gasteiger charge is -2.17. The van der Waals surface area contributed by atoms with Crippen molar-refractivity contribution in [1.82, 2.24) is 10.3 Å². The van der Waals surface area contributed by atoms with Gasteiger partial charge < -0.3 is 11.1 Å². The number of hydrogen-bond acceptors (Lipinski definition) is 4. The molecule has 0 radical (unpaired) electrons. The van der Waals surface area contributed by atoms with E-state index < -0.39 is 6.04 Å². The molecule has 2 aromatic rings. The number of rotatable bonds is 6. The molecule has 1 aromatic carbocycles. The molecule has 1 amide bonds. The van der Waals surface area contributed by atoms with Crippen molar-refractivity contribution in [3.63, 3.8) is 0 Å². The molecule has 4 nitrogen and oxygen atoms in total. The third-order valence-corrected chi connectivity index (χ3v) is 5.01. The van der Waals surface area contributed by atoms with E-state index in [-0.39, 0.29) is 24.4 Å². The van der Waals surface area contributed by atoms with Crippen molar-refractivity contribution in [2.24, 2.45) is 11.7 Å². The van der Waals surface area contributed by atoms with Crippen LogP contribution in [0.4, 0.5) is 0 Å². The molecule has 2 atom stereocenters. The zero-order chi connectivity index (χ0) is 17.0. The lowest BCUT2D eigenvalue weighted by molar-refractivity contribution is -0.123. The standard InChI is InChI=1S/C17H22BrN3OS.ClH/c1-10(2)8-14(19)16(22)20-11(3)17-21-15(9-23-17)12-4-6-13(18)7-5-12;/h4-7,9-11,14H,8,19H2,1-3H3,(H,20,22);1H/t11?,14-;/m0./s1. The Hall–Kier alpha value is -0.950. The summed E-state index contributed by atoms with van der Waals surface area (Å²) in [5, 5.41) is 5.84. The minimum Gasteiger partial charge on any atom is -0.346 e. The predicted molar refractivity (Wildman–Crippen MR) is 106 cm³/mol. The van der Waals surface area contributed by atoms with Crippen LogP contribution in [-0.4, -0.2) is 16.9 Å². The summed E-state index contributed by atoms with van der Waals surface area (Å²) in [6, 6.07) is 7.41. The molecule has 0 saturated carbocycles. The summed E-state index contributed by atoms with van der Waals surface area (Å²) in [5.74, 6) is 0.279. The smallest absolute Gasteiger partial charge is 0.237 e. The van der Waals surface area contributed by atoms with Gasteiger partial charge in [-0.3, -0.25) is 4.79 Å². The van der Waals surface area contributed by atoms with Crippen LogP contribution < -0.4 is 11.1 Å². The zero-order valence-electron chi connectivity index (χ0n) is 14.0. The Morgan fingerprint density at radius 1 is 1.29 bits per heavy atom. The molecule has 7 heteroatoms. The van der Waals surface area contributed by atoms with E-state index in [1.165, 1.54) is 0 Å². The highest BCUT2D eigenvalue weighted by molar-refractivity contribution is 9.10. The number of hydrogen-bond donors (Lipinski definition) is 2. The van der Waals surface area contributed by atoms with Crippen LogP contribution in [0.25, 0.3) is 11.3 Å². The van der Waals surface area contributed by atoms with Gasteiger partial charge in [0.1, 0.15) is 5.01 Å². The molecule has 0 aliphatic rings. The first-order valence-corrected chi connectivity index (χ1v) is 9.31. The van der Waals surface area contributed by atoms with Gasteiger partial charge in [0, 0.05) is 15.4 Å². The van der Waals surface area contributed by atoms with Gasteiger partial charge in [0.2, 0.25) is 5.91 Å². The molecule has 0 bridgehead atoms. The molecule has 0 aliphatic heterocycles. The van der Waals surface area contributed by atoms with E-state index in [4.69, 9.17) is 5.73 Å². The largest absolute Gasteiger partial charge is 0.346 e. The van der Waals surface area contributed by atoms with Crippen LogP contribution in [0.15, 0.2) is 34.1 Å². The number of nitrogens with two attached hydrogens (primary N) is 1. The number of thiazole rings is 1. The summed E-state index contributed by atoms with van der Waals surface area (Å²) in [6.07, 6.45) is 0.681. The number of halogens is 2. The number of amides is 1. The van der Waals surface area contributed by atoms with Gasteiger partial charge in [-0.25, -0.2) is 4.98 Å². The molecule has 1 heterocycles. The molecule has 0 aliphatic carbocycles. The summed E-state index contributed by atoms with van der Waals surface area (Å²) >= 11 is 4.97. The minimum absolute atomic E-state index is 0. The van der Waals surface area contributed by atoms with Crippen molar-refractivity contribution in [2.45, 2.75) is 39.3 Å². The zero-order valence-corrected chi connectivity index (χ0v) is 17.2. The number of nitrogens with zero attached hydrogens (tertiary/aromatic N) is 1. The Balaban J connectivity index is 0.00000288. The monoisotopic (exact) mass is 431 g/mol. The Bertz CT molecular complexity index is 660. The lowest BCUT2D eigenvalue weighted by Crippen LogP contribution is -2.42. The summed E-state index contributed by atoms with van der Waals surface area (Å²) in [4.78, 5) is 16.7. The van der Waals surface area contributed by atoms with Crippen LogP contribution in [0.1, 0.15) is 38.2 Å². The fourth-order valence-electron chi connectivity index (χ4n) is 2.24. The van der Waals surface area contributed by atoms with Gasteiger partial charge in [0.15, 0.2) is 0 Å². The molecule has 0 spiro atoms. The maximum Gasteiger partial charge on any atom is 0.237 e. The molecule has 24 heavy (non-hydrogen) atoms. The highest BCUT2D eigenvalue weighted by Crippen LogP contribution is 2.26. The van der Waals surface area contributed by atoms with Crippen molar-refractivity contribution in [1.29, 1.82) is 0 Å². The van der Waals surface area contributed by atoms with E-state index in [0.29, 0.717) is 12.3 Å². The number of nitrogens with one attached hydrogen (secondary N) is 1. The Morgan fingerprint density at radius 3 is 2.50 bits per heavy atom. The summed E-state index contributed by atoms with van der Waals surface area (Å²) in [6.45, 7) is 6.05. The Labute approximate surface area is 161 Å². The molecule has 132 valence electrons. The Kier molecular flexibility index (Phi) is 8.36. The first-order valence-electron chi connectivity index (χ1n) is 7.64. The first-order chi connectivity index (χ1) is 10.9. The average Bonchev–Trinajstić information content (AvgIpc) is 2.97. The normalized spacial score (nSPS) is 13.2. The van der Waals surface area contributed by atoms with Crippen molar-refractivity contribution in [2.75, 3.05) is 0 Å². The third-order valence-electron chi connectivity index (χ3n) is 3.45. The van der Waals surface area contributed by atoms with Gasteiger partial charge in [-0.2, -0.15) is 0 Å². The van der Waals surface area contributed by atoms with E-state index >= 15 is 0 Å². The molecule has 0 saturated heterocycles. The van der Waals surface area contributed by atoms with Gasteiger partial charge in [-0.15, -0.1) is 23.7 Å². The number of benzene rings is 1. The van der Waals surface area contributed by atoms with Crippen molar-refractivity contribution >= 4 is 45.6 Å². The average molecular weight is 433 g/mol. The second-order valence-corrected chi connectivity index (χ2v) is 7.85. The SMILES string of the molecule is CC(C)C[C@H](N)C(=O)NC(C)c1nc(-c2ccc(Br)cc2)cs1.Cl. The molecule has 0 fully saturated rings. The van der Waals surface area contributed by atoms with E-state index in [9.17, 15) is 4.79 Å². The minimum atomic E-state index is -0.469. The molecule has 3 N–H and O–H groups in total. The topological polar surface area (TPSA) is 68.0 Å². The van der Waals surface area contributed by atoms with Crippen molar-refractivity contribution in [3.8, 4) is 11.3 Å². The van der Waals surface area contributed by atoms with E-state index in [1.807, 2.05) is 36.6 Å². The number of carbonyl (C=O) groups is 1. The van der Waals surface area contributed by atoms with Gasteiger partial charge in [-0.1, -0.05) is 41.9 Å². The van der Waals surface area contributed by atoms with Crippen LogP contribution in [0.2, 0.25) is 0 Å². The predicted octanol–water partition coefficient (Wildman–Crippen LogP) is 4.55. The maximum absolute atomic E-state index is 12.1. The molecule has 2 rings (SSSR count). The van der Waals surface area contributed by atoms with Crippen LogP contribution in [-0.2, 0) is 4.79 Å². The number of aromatic nitrogens is 1. The summed E-state index contributed by atoms with van der Waals surface area (Å²) < 4.78 is 1.04. The summed E-state index contributed by atoms with van der Waals surface area (Å²) in [7, 11) is 0. The molecule has 1 aromatic heterocycles. The Morgan fingerprint density at radius 2 is 1.92 bits per heavy atom. The van der Waals surface area contributed by atoms with Crippen LogP contribution >= 0.6 is 39.7 Å². The lowest BCUT2D eigenvalue weighted by atomic mass is 10.0. The quantitative estimate of drug-likeness (QED) is 0.704. The van der Waals surface area contributed by atoms with Gasteiger partial charge >= 0.3 is 0 Å². The summed E-state index contributed by atoms with van der Waals surface area (Å²) in [5.41, 5.74) is 7.90. The highest BCUT2D eigenvalue weighted by atomic mass is 79.9. The molecular formula is C17H23BrClN3OS. The van der Waals surface area contributed by atoms with Gasteiger partial charge in [0.25, 0.3) is 0 Å². The van der Waals surface area contributed by atoms with Gasteiger partial charge in [-0.05, 0) is 31.4 Å². The fourth-order valence-corrected chi connectivity index (χ4v) is 3.34. The maximum atomic E-state index is 12.1. The van der Waals surface area contributed by atoms with E-state index in [2.05, 4.69) is 40.1 Å². The van der Waals surface area contributed by atoms with Crippen molar-refractivity contribution in [3.05, 3.63) is 39.1 Å². The first kappa shape index (κ1) is 21.1. The van der Waals surface area contributed by atoms with Crippen LogP contribution in [0.5, 0.6) is 0 Å². The van der Waals surface area contributed by atoms with Crippen LogP contribution in [0, 0.1) is 5.92 Å².